The van der Waals surface area contributed by atoms with E-state index in [4.69, 9.17) is 32.5 Å². The molecule has 0 aliphatic carbocycles. The first-order valence-corrected chi connectivity index (χ1v) is 10.2. The number of anilines is 1. The number of ether oxygens (including phenoxy) is 1. The number of hydrogen-bond donors (Lipinski definition) is 1. The van der Waals surface area contributed by atoms with Crippen molar-refractivity contribution < 1.29 is 14.1 Å². The number of urea groups is 1. The molecule has 1 aliphatic heterocycles. The molecule has 0 bridgehead atoms. The van der Waals surface area contributed by atoms with Crippen LogP contribution in [0.1, 0.15) is 5.56 Å². The maximum atomic E-state index is 12.4. The van der Waals surface area contributed by atoms with E-state index in [0.29, 0.717) is 18.1 Å². The molecular weight excluding hydrogens is 427 g/mol. The molecule has 1 aliphatic rings. The largest absolute Gasteiger partial charge is 0.457 e. The number of rotatable bonds is 5. The molecule has 1 aromatic heterocycles. The number of carbonyl (C=O) groups excluding carboxylic acids is 1. The van der Waals surface area contributed by atoms with Gasteiger partial charge in [0.1, 0.15) is 22.8 Å². The molecule has 1 saturated heterocycles. The first kappa shape index (κ1) is 20.5. The highest BCUT2D eigenvalue weighted by Gasteiger charge is 2.22. The lowest BCUT2D eigenvalue weighted by Crippen LogP contribution is -2.49. The van der Waals surface area contributed by atoms with Gasteiger partial charge in [0.15, 0.2) is 5.82 Å². The lowest BCUT2D eigenvalue weighted by molar-refractivity contribution is 0.143. The molecule has 0 spiro atoms. The minimum absolute atomic E-state index is 0.233. The van der Waals surface area contributed by atoms with Gasteiger partial charge in [-0.05, 0) is 42.0 Å². The summed E-state index contributed by atoms with van der Waals surface area (Å²) in [5.41, 5.74) is 1.15. The van der Waals surface area contributed by atoms with Gasteiger partial charge in [0.25, 0.3) is 0 Å². The van der Waals surface area contributed by atoms with Gasteiger partial charge in [0.05, 0.1) is 0 Å². The van der Waals surface area contributed by atoms with Crippen LogP contribution in [0.15, 0.2) is 59.3 Å². The minimum atomic E-state index is -0.233. The van der Waals surface area contributed by atoms with Crippen LogP contribution < -0.4 is 10.1 Å². The molecule has 2 heterocycles. The lowest BCUT2D eigenvalue weighted by atomic mass is 10.2. The van der Waals surface area contributed by atoms with Crippen molar-refractivity contribution in [2.75, 3.05) is 31.5 Å². The normalized spacial score (nSPS) is 14.5. The van der Waals surface area contributed by atoms with Crippen molar-refractivity contribution in [2.45, 2.75) is 6.54 Å². The smallest absolute Gasteiger partial charge is 0.323 e. The molecule has 30 heavy (non-hydrogen) atoms. The quantitative estimate of drug-likeness (QED) is 0.588. The van der Waals surface area contributed by atoms with Crippen molar-refractivity contribution in [2.24, 2.45) is 0 Å². The van der Waals surface area contributed by atoms with Crippen molar-refractivity contribution in [1.82, 2.24) is 15.0 Å². The molecule has 2 aromatic carbocycles. The molecule has 2 amide bonds. The molecule has 1 fully saturated rings. The fraction of sp³-hybridized carbons (Fsp3) is 0.238. The highest BCUT2D eigenvalue weighted by Crippen LogP contribution is 2.24. The summed E-state index contributed by atoms with van der Waals surface area (Å²) in [5.74, 6) is 1.75. The monoisotopic (exact) mass is 446 g/mol. The van der Waals surface area contributed by atoms with Gasteiger partial charge in [-0.3, -0.25) is 10.2 Å². The van der Waals surface area contributed by atoms with E-state index in [1.807, 2.05) is 30.3 Å². The van der Waals surface area contributed by atoms with Gasteiger partial charge in [-0.1, -0.05) is 40.5 Å². The number of halogens is 2. The summed E-state index contributed by atoms with van der Waals surface area (Å²) in [7, 11) is 0. The van der Waals surface area contributed by atoms with E-state index in [9.17, 15) is 4.79 Å². The fourth-order valence-electron chi connectivity index (χ4n) is 3.20. The zero-order chi connectivity index (χ0) is 20.9. The zero-order valence-electron chi connectivity index (χ0n) is 16.1. The predicted molar refractivity (Wildman–Crippen MR) is 115 cm³/mol. The average molecular weight is 447 g/mol. The van der Waals surface area contributed by atoms with E-state index >= 15 is 0 Å². The summed E-state index contributed by atoms with van der Waals surface area (Å²) in [6.45, 7) is 3.54. The van der Waals surface area contributed by atoms with Crippen LogP contribution in [0.3, 0.4) is 0 Å². The van der Waals surface area contributed by atoms with Gasteiger partial charge in [-0.25, -0.2) is 4.79 Å². The first-order valence-electron chi connectivity index (χ1n) is 9.47. The van der Waals surface area contributed by atoms with E-state index < -0.39 is 0 Å². The lowest BCUT2D eigenvalue weighted by Gasteiger charge is -2.34. The van der Waals surface area contributed by atoms with Gasteiger partial charge in [0.2, 0.25) is 0 Å². The first-order chi connectivity index (χ1) is 14.6. The SMILES string of the molecule is O=C(Nc1nocc1Cl)N1CCN(Cc2cccc(Oc3ccc(Cl)cc3)c2)CC1. The Bertz CT molecular complexity index is 1000. The number of nitrogens with one attached hydrogen (secondary N) is 1. The number of carbonyl (C=O) groups is 1. The van der Waals surface area contributed by atoms with Crippen molar-refractivity contribution in [3.05, 3.63) is 70.4 Å². The predicted octanol–water partition coefficient (Wildman–Crippen LogP) is 5.12. The fourth-order valence-corrected chi connectivity index (χ4v) is 3.45. The third-order valence-electron chi connectivity index (χ3n) is 4.77. The molecule has 4 rings (SSSR count). The maximum absolute atomic E-state index is 12.4. The zero-order valence-corrected chi connectivity index (χ0v) is 17.6. The van der Waals surface area contributed by atoms with E-state index in [1.54, 1.807) is 17.0 Å². The number of hydrogen-bond acceptors (Lipinski definition) is 5. The summed E-state index contributed by atoms with van der Waals surface area (Å²) in [6, 6.07) is 15.0. The van der Waals surface area contributed by atoms with Crippen molar-refractivity contribution in [3.63, 3.8) is 0 Å². The highest BCUT2D eigenvalue weighted by atomic mass is 35.5. The Morgan fingerprint density at radius 2 is 1.83 bits per heavy atom. The van der Waals surface area contributed by atoms with Crippen LogP contribution in [0.4, 0.5) is 10.6 Å². The third-order valence-corrected chi connectivity index (χ3v) is 5.29. The van der Waals surface area contributed by atoms with Gasteiger partial charge >= 0.3 is 6.03 Å². The second-order valence-corrected chi connectivity index (χ2v) is 7.75. The van der Waals surface area contributed by atoms with E-state index in [-0.39, 0.29) is 16.9 Å². The summed E-state index contributed by atoms with van der Waals surface area (Å²) in [6.07, 6.45) is 1.28. The van der Waals surface area contributed by atoms with E-state index in [1.165, 1.54) is 6.26 Å². The molecule has 0 unspecified atom stereocenters. The average Bonchev–Trinajstić information content (AvgIpc) is 3.15. The Hall–Kier alpha value is -2.74. The molecule has 9 heteroatoms. The van der Waals surface area contributed by atoms with Crippen LogP contribution in [0.5, 0.6) is 11.5 Å². The topological polar surface area (TPSA) is 70.8 Å². The van der Waals surface area contributed by atoms with Gasteiger partial charge < -0.3 is 14.2 Å². The van der Waals surface area contributed by atoms with Crippen LogP contribution >= 0.6 is 23.2 Å². The van der Waals surface area contributed by atoms with Crippen LogP contribution in [0, 0.1) is 0 Å². The third kappa shape index (κ3) is 5.24. The molecule has 0 radical (unpaired) electrons. The Balaban J connectivity index is 1.29. The second-order valence-electron chi connectivity index (χ2n) is 6.91. The number of benzene rings is 2. The summed E-state index contributed by atoms with van der Waals surface area (Å²) in [5, 5.41) is 7.29. The molecule has 1 N–H and O–H groups in total. The Kier molecular flexibility index (Phi) is 6.42. The Morgan fingerprint density at radius 3 is 2.53 bits per heavy atom. The van der Waals surface area contributed by atoms with Crippen LogP contribution in [-0.4, -0.2) is 47.2 Å². The van der Waals surface area contributed by atoms with Crippen molar-refractivity contribution in [1.29, 1.82) is 0 Å². The summed E-state index contributed by atoms with van der Waals surface area (Å²) < 4.78 is 10.6. The maximum Gasteiger partial charge on any atom is 0.323 e. The number of piperazine rings is 1. The standard InChI is InChI=1S/C21H20Cl2N4O3/c22-16-4-6-17(7-5-16)30-18-3-1-2-15(12-18)13-26-8-10-27(11-9-26)21(28)24-20-19(23)14-29-25-20/h1-7,12,14H,8-11,13H2,(H,24,25,28). The van der Waals surface area contributed by atoms with E-state index in [2.05, 4.69) is 21.4 Å². The number of nitrogens with zero attached hydrogens (tertiary/aromatic N) is 3. The molecule has 3 aromatic rings. The van der Waals surface area contributed by atoms with Crippen molar-refractivity contribution >= 4 is 35.1 Å². The van der Waals surface area contributed by atoms with E-state index in [0.717, 1.165) is 36.7 Å². The number of aromatic nitrogens is 1. The summed E-state index contributed by atoms with van der Waals surface area (Å²) >= 11 is 11.8. The minimum Gasteiger partial charge on any atom is -0.457 e. The van der Waals surface area contributed by atoms with Gasteiger partial charge in [-0.2, -0.15) is 0 Å². The molecular formula is C21H20Cl2N4O3. The van der Waals surface area contributed by atoms with Gasteiger partial charge in [-0.15, -0.1) is 0 Å². The highest BCUT2D eigenvalue weighted by molar-refractivity contribution is 6.33. The Labute approximate surface area is 184 Å². The van der Waals surface area contributed by atoms with Crippen LogP contribution in [-0.2, 0) is 6.54 Å². The van der Waals surface area contributed by atoms with Crippen LogP contribution in [0.25, 0.3) is 0 Å². The van der Waals surface area contributed by atoms with Crippen LogP contribution in [0.2, 0.25) is 10.0 Å². The molecule has 0 saturated carbocycles. The van der Waals surface area contributed by atoms with Gasteiger partial charge in [0, 0.05) is 37.7 Å². The molecule has 0 atom stereocenters. The molecule has 156 valence electrons. The number of amides is 2. The van der Waals surface area contributed by atoms with Crippen molar-refractivity contribution in [3.8, 4) is 11.5 Å². The Morgan fingerprint density at radius 1 is 1.07 bits per heavy atom. The second kappa shape index (κ2) is 9.38. The summed E-state index contributed by atoms with van der Waals surface area (Å²) in [4.78, 5) is 16.4. The molecule has 7 nitrogen and oxygen atoms in total.